The standard InChI is InChI=1S/C5H5.C3H3O.CH3.Mn/c1-2-4-5-3-1;1-2-3-4;;/h1-3H,4H2;2H,1H2;1H3;. The minimum atomic E-state index is -0.471. The van der Waals surface area contributed by atoms with Crippen LogP contribution in [0.3, 0.4) is 0 Å². The van der Waals surface area contributed by atoms with Crippen LogP contribution in [0.25, 0.3) is 0 Å². The summed E-state index contributed by atoms with van der Waals surface area (Å²) in [6, 6.07) is 0. The molecule has 0 bridgehead atoms. The molecule has 11 heavy (non-hydrogen) atoms. The van der Waals surface area contributed by atoms with Gasteiger partial charge in [0.15, 0.2) is 0 Å². The van der Waals surface area contributed by atoms with E-state index in [1.807, 2.05) is 5.94 Å². The first-order chi connectivity index (χ1) is 5.34. The molecule has 0 aromatic carbocycles. The minimum absolute atomic E-state index is 0.471. The normalized spacial score (nSPS) is 15.7. The fourth-order valence-electron chi connectivity index (χ4n) is 0.907. The van der Waals surface area contributed by atoms with Gasteiger partial charge in [-0.1, -0.05) is 0 Å². The van der Waals surface area contributed by atoms with Crippen molar-refractivity contribution in [3.05, 3.63) is 28.8 Å². The Kier molecular flexibility index (Phi) is 3.38. The third kappa shape index (κ3) is 2.51. The van der Waals surface area contributed by atoms with Crippen LogP contribution >= 0.6 is 0 Å². The topological polar surface area (TPSA) is 17.1 Å². The van der Waals surface area contributed by atoms with E-state index in [0.29, 0.717) is 0 Å². The summed E-state index contributed by atoms with van der Waals surface area (Å²) in [5, 5.41) is 0.921. The zero-order chi connectivity index (χ0) is 8.10. The number of allylic oxidation sites excluding steroid dienone is 5. The summed E-state index contributed by atoms with van der Waals surface area (Å²) >= 11 is -0.471. The molecule has 0 saturated carbocycles. The second-order valence-electron chi connectivity index (χ2n) is 2.31. The zero-order valence-electron chi connectivity index (χ0n) is 6.51. The van der Waals surface area contributed by atoms with Gasteiger partial charge in [-0.05, 0) is 0 Å². The van der Waals surface area contributed by atoms with Crippen LogP contribution in [0, 0.1) is 0 Å². The van der Waals surface area contributed by atoms with E-state index in [4.69, 9.17) is 0 Å². The summed E-state index contributed by atoms with van der Waals surface area (Å²) in [5.74, 6) is 4.06. The molecule has 0 spiro atoms. The Morgan fingerprint density at radius 1 is 1.82 bits per heavy atom. The van der Waals surface area contributed by atoms with Gasteiger partial charge < -0.3 is 0 Å². The van der Waals surface area contributed by atoms with Gasteiger partial charge in [0.1, 0.15) is 0 Å². The van der Waals surface area contributed by atoms with Crippen molar-refractivity contribution in [3.8, 4) is 0 Å². The van der Waals surface area contributed by atoms with Gasteiger partial charge in [-0.3, -0.25) is 0 Å². The molecular weight excluding hydrogens is 179 g/mol. The molecule has 0 saturated heterocycles. The van der Waals surface area contributed by atoms with E-state index < -0.39 is 13.9 Å². The Morgan fingerprint density at radius 2 is 2.64 bits per heavy atom. The summed E-state index contributed by atoms with van der Waals surface area (Å²) < 4.78 is 1.52. The number of hydrogen-bond acceptors (Lipinski definition) is 1. The predicted octanol–water partition coefficient (Wildman–Crippen LogP) is 2.30. The van der Waals surface area contributed by atoms with Crippen molar-refractivity contribution in [1.29, 1.82) is 0 Å². The van der Waals surface area contributed by atoms with E-state index in [1.54, 1.807) is 6.08 Å². The molecule has 2 heteroatoms. The van der Waals surface area contributed by atoms with E-state index >= 15 is 0 Å². The van der Waals surface area contributed by atoms with Crippen LogP contribution in [0.4, 0.5) is 0 Å². The molecule has 0 fully saturated rings. The molecule has 0 aliphatic heterocycles. The van der Waals surface area contributed by atoms with Crippen LogP contribution in [-0.2, 0) is 18.7 Å². The Balaban J connectivity index is 2.42. The van der Waals surface area contributed by atoms with Gasteiger partial charge in [0, 0.05) is 0 Å². The Hall–Kier alpha value is -0.551. The van der Waals surface area contributed by atoms with Crippen LogP contribution in [0.15, 0.2) is 28.8 Å². The summed E-state index contributed by atoms with van der Waals surface area (Å²) in [4.78, 5) is 9.93. The van der Waals surface area contributed by atoms with Gasteiger partial charge in [0.2, 0.25) is 0 Å². The molecule has 1 nitrogen and oxygen atoms in total. The number of carbonyl (C=O) groups excluding carboxylic acids is 1. The third-order valence-electron chi connectivity index (χ3n) is 1.53. The fourth-order valence-corrected chi connectivity index (χ4v) is 2.68. The van der Waals surface area contributed by atoms with Crippen molar-refractivity contribution in [2.45, 2.75) is 17.6 Å². The average Bonchev–Trinajstić information content (AvgIpc) is 2.52. The molecule has 0 radical (unpaired) electrons. The second-order valence-corrected chi connectivity index (χ2v) is 5.39. The van der Waals surface area contributed by atoms with Crippen molar-refractivity contribution >= 4 is 5.94 Å². The molecule has 0 unspecified atom stereocenters. The first-order valence-electron chi connectivity index (χ1n) is 3.45. The molecule has 0 aromatic heterocycles. The molecule has 0 N–H and O–H groups in total. The van der Waals surface area contributed by atoms with Gasteiger partial charge in [0.05, 0.1) is 0 Å². The second kappa shape index (κ2) is 4.35. The maximum atomic E-state index is 9.93. The zero-order valence-corrected chi connectivity index (χ0v) is 7.69. The Labute approximate surface area is 71.4 Å². The monoisotopic (exact) mass is 190 g/mol. The first-order valence-corrected chi connectivity index (χ1v) is 6.06. The van der Waals surface area contributed by atoms with E-state index in [0.717, 1.165) is 11.7 Å². The molecule has 0 amide bonds. The quantitative estimate of drug-likeness (QED) is 0.493. The maximum absolute atomic E-state index is 9.93. The first kappa shape index (κ1) is 8.55. The molecule has 1 rings (SSSR count). The van der Waals surface area contributed by atoms with Crippen LogP contribution < -0.4 is 0 Å². The van der Waals surface area contributed by atoms with Crippen LogP contribution in [0.2, 0.25) is 11.1 Å². The number of hydrogen-bond donors (Lipinski definition) is 0. The van der Waals surface area contributed by atoms with E-state index in [-0.39, 0.29) is 0 Å². The van der Waals surface area contributed by atoms with E-state index in [1.165, 1.54) is 4.47 Å². The van der Waals surface area contributed by atoms with Crippen molar-refractivity contribution in [3.63, 3.8) is 0 Å². The van der Waals surface area contributed by atoms with Gasteiger partial charge in [-0.25, -0.2) is 0 Å². The Morgan fingerprint density at radius 3 is 3.18 bits per heavy atom. The van der Waals surface area contributed by atoms with Gasteiger partial charge in [-0.15, -0.1) is 0 Å². The summed E-state index contributed by atoms with van der Waals surface area (Å²) in [6.07, 6.45) is 9.13. The van der Waals surface area contributed by atoms with E-state index in [9.17, 15) is 4.79 Å². The van der Waals surface area contributed by atoms with Crippen molar-refractivity contribution in [1.82, 2.24) is 0 Å². The van der Waals surface area contributed by atoms with Gasteiger partial charge >= 0.3 is 71.0 Å². The van der Waals surface area contributed by atoms with Gasteiger partial charge in [-0.2, -0.15) is 0 Å². The molecule has 60 valence electrons. The molecule has 0 aromatic rings. The van der Waals surface area contributed by atoms with Gasteiger partial charge in [0.25, 0.3) is 0 Å². The molecule has 1 aliphatic rings. The van der Waals surface area contributed by atoms with Crippen molar-refractivity contribution in [2.24, 2.45) is 0 Å². The average molecular weight is 190 g/mol. The predicted molar refractivity (Wildman–Crippen MR) is 42.8 cm³/mol. The summed E-state index contributed by atoms with van der Waals surface area (Å²) in [7, 11) is 0. The van der Waals surface area contributed by atoms with Crippen LogP contribution in [0.5, 0.6) is 0 Å². The SMILES string of the molecule is [CH3][Mn]([CH2]C=C=O)[C]1=CC=CC1. The molecular formula is C9H11MnO. The summed E-state index contributed by atoms with van der Waals surface area (Å²) in [5.41, 5.74) is 0. The van der Waals surface area contributed by atoms with Crippen molar-refractivity contribution < 1.29 is 18.7 Å². The number of rotatable bonds is 3. The summed E-state index contributed by atoms with van der Waals surface area (Å²) in [6.45, 7) is 0. The molecule has 0 heterocycles. The van der Waals surface area contributed by atoms with E-state index in [2.05, 4.69) is 24.1 Å². The Bertz CT molecular complexity index is 234. The third-order valence-corrected chi connectivity index (χ3v) is 4.23. The van der Waals surface area contributed by atoms with Crippen LogP contribution in [-0.4, -0.2) is 5.94 Å². The van der Waals surface area contributed by atoms with Crippen molar-refractivity contribution in [2.75, 3.05) is 0 Å². The molecule has 1 aliphatic carbocycles. The fraction of sp³-hybridized carbons (Fsp3) is 0.333. The van der Waals surface area contributed by atoms with Crippen LogP contribution in [0.1, 0.15) is 6.42 Å². The molecule has 0 atom stereocenters.